The third-order valence-corrected chi connectivity index (χ3v) is 5.33. The highest BCUT2D eigenvalue weighted by atomic mass is 16.2. The fraction of sp³-hybridized carbons (Fsp3) is 0.632. The highest BCUT2D eigenvalue weighted by Gasteiger charge is 2.44. The van der Waals surface area contributed by atoms with Crippen LogP contribution >= 0.6 is 0 Å². The third kappa shape index (κ3) is 4.00. The van der Waals surface area contributed by atoms with E-state index < -0.39 is 5.54 Å². The Morgan fingerprint density at radius 2 is 2.12 bits per heavy atom. The van der Waals surface area contributed by atoms with Crippen LogP contribution in [0.3, 0.4) is 0 Å². The van der Waals surface area contributed by atoms with Crippen LogP contribution in [-0.2, 0) is 16.1 Å². The average Bonchev–Trinajstić information content (AvgIpc) is 2.58. The number of aromatic nitrogens is 1. The Morgan fingerprint density at radius 1 is 1.32 bits per heavy atom. The second kappa shape index (κ2) is 6.75. The molecule has 0 aromatic carbocycles. The number of nitrogens with two attached hydrogens (primary N) is 1. The van der Waals surface area contributed by atoms with Crippen molar-refractivity contribution < 1.29 is 9.59 Å². The molecule has 2 N–H and O–H groups in total. The molecule has 1 aromatic heterocycles. The van der Waals surface area contributed by atoms with E-state index in [0.717, 1.165) is 31.5 Å². The van der Waals surface area contributed by atoms with Gasteiger partial charge in [-0.1, -0.05) is 6.07 Å². The number of amides is 2. The highest BCUT2D eigenvalue weighted by Crippen LogP contribution is 2.39. The van der Waals surface area contributed by atoms with Crippen molar-refractivity contribution in [2.75, 3.05) is 19.6 Å². The van der Waals surface area contributed by atoms with Crippen LogP contribution in [0.25, 0.3) is 0 Å². The molecule has 2 amide bonds. The SMILES string of the molecule is CC(C)(N)C(=O)N1CCC[C@@]2(CCC(=O)N(Cc3ccccn3)C2)C1. The van der Waals surface area contributed by atoms with Gasteiger partial charge in [0.15, 0.2) is 0 Å². The predicted octanol–water partition coefficient (Wildman–Crippen LogP) is 1.55. The van der Waals surface area contributed by atoms with Crippen LogP contribution < -0.4 is 5.73 Å². The van der Waals surface area contributed by atoms with Gasteiger partial charge in [0.05, 0.1) is 17.8 Å². The van der Waals surface area contributed by atoms with Gasteiger partial charge in [-0.25, -0.2) is 0 Å². The first-order valence-corrected chi connectivity index (χ1v) is 9.05. The Bertz CT molecular complexity index is 641. The number of carbonyl (C=O) groups is 2. The molecule has 0 aliphatic carbocycles. The Labute approximate surface area is 149 Å². The molecule has 25 heavy (non-hydrogen) atoms. The van der Waals surface area contributed by atoms with Gasteiger partial charge >= 0.3 is 0 Å². The summed E-state index contributed by atoms with van der Waals surface area (Å²) in [6, 6.07) is 5.77. The molecule has 0 saturated carbocycles. The summed E-state index contributed by atoms with van der Waals surface area (Å²) in [6.45, 7) is 6.20. The Morgan fingerprint density at radius 3 is 2.80 bits per heavy atom. The van der Waals surface area contributed by atoms with Crippen LogP contribution in [-0.4, -0.2) is 51.8 Å². The molecule has 6 heteroatoms. The average molecular weight is 344 g/mol. The molecule has 2 saturated heterocycles. The summed E-state index contributed by atoms with van der Waals surface area (Å²) < 4.78 is 0. The molecule has 0 radical (unpaired) electrons. The first-order valence-electron chi connectivity index (χ1n) is 9.05. The summed E-state index contributed by atoms with van der Waals surface area (Å²) in [5, 5.41) is 0. The molecule has 0 bridgehead atoms. The van der Waals surface area contributed by atoms with Crippen LogP contribution in [0.1, 0.15) is 45.2 Å². The van der Waals surface area contributed by atoms with E-state index in [1.165, 1.54) is 0 Å². The number of rotatable bonds is 3. The first kappa shape index (κ1) is 17.9. The largest absolute Gasteiger partial charge is 0.340 e. The predicted molar refractivity (Wildman–Crippen MR) is 95.4 cm³/mol. The molecule has 1 atom stereocenters. The van der Waals surface area contributed by atoms with Gasteiger partial charge in [-0.2, -0.15) is 0 Å². The van der Waals surface area contributed by atoms with Gasteiger partial charge in [0.25, 0.3) is 0 Å². The maximum atomic E-state index is 12.6. The van der Waals surface area contributed by atoms with Gasteiger partial charge < -0.3 is 15.5 Å². The lowest BCUT2D eigenvalue weighted by Crippen LogP contribution is -2.59. The van der Waals surface area contributed by atoms with Crippen molar-refractivity contribution >= 4 is 11.8 Å². The van der Waals surface area contributed by atoms with Crippen molar-refractivity contribution in [2.45, 2.75) is 51.6 Å². The van der Waals surface area contributed by atoms with Crippen LogP contribution in [0, 0.1) is 5.41 Å². The number of likely N-dealkylation sites (tertiary alicyclic amines) is 2. The molecule has 1 aromatic rings. The Hall–Kier alpha value is -1.95. The van der Waals surface area contributed by atoms with Gasteiger partial charge in [0, 0.05) is 37.7 Å². The van der Waals surface area contributed by atoms with Gasteiger partial charge in [-0.15, -0.1) is 0 Å². The van der Waals surface area contributed by atoms with Gasteiger partial charge in [0.1, 0.15) is 0 Å². The molecular formula is C19H28N4O2. The highest BCUT2D eigenvalue weighted by molar-refractivity contribution is 5.85. The molecule has 136 valence electrons. The third-order valence-electron chi connectivity index (χ3n) is 5.33. The zero-order valence-electron chi connectivity index (χ0n) is 15.2. The van der Waals surface area contributed by atoms with E-state index in [0.29, 0.717) is 26.1 Å². The second-order valence-electron chi connectivity index (χ2n) is 8.12. The molecule has 3 heterocycles. The minimum absolute atomic E-state index is 0.000231. The van der Waals surface area contributed by atoms with E-state index in [2.05, 4.69) is 4.98 Å². The maximum Gasteiger partial charge on any atom is 0.242 e. The molecular weight excluding hydrogens is 316 g/mol. The lowest BCUT2D eigenvalue weighted by atomic mass is 9.73. The van der Waals surface area contributed by atoms with Crippen molar-refractivity contribution in [2.24, 2.45) is 11.1 Å². The summed E-state index contributed by atoms with van der Waals surface area (Å²) >= 11 is 0. The standard InChI is InChI=1S/C19H28N4O2/c1-18(2,20)17(25)22-11-5-8-19(13-22)9-7-16(24)23(14-19)12-15-6-3-4-10-21-15/h3-4,6,10H,5,7-9,11-14,20H2,1-2H3/t19-/m1/s1. The minimum atomic E-state index is -0.851. The monoisotopic (exact) mass is 344 g/mol. The fourth-order valence-electron chi connectivity index (χ4n) is 4.06. The summed E-state index contributed by atoms with van der Waals surface area (Å²) in [7, 11) is 0. The Balaban J connectivity index is 1.72. The summed E-state index contributed by atoms with van der Waals surface area (Å²) in [5.41, 5.74) is 6.06. The minimum Gasteiger partial charge on any atom is -0.340 e. The van der Waals surface area contributed by atoms with Crippen molar-refractivity contribution in [1.82, 2.24) is 14.8 Å². The molecule has 0 unspecified atom stereocenters. The van der Waals surface area contributed by atoms with E-state index in [4.69, 9.17) is 5.73 Å². The number of hydrogen-bond acceptors (Lipinski definition) is 4. The van der Waals surface area contributed by atoms with Crippen LogP contribution in [0.15, 0.2) is 24.4 Å². The Kier molecular flexibility index (Phi) is 4.82. The smallest absolute Gasteiger partial charge is 0.242 e. The topological polar surface area (TPSA) is 79.5 Å². The number of carbonyl (C=O) groups excluding carboxylic acids is 2. The van der Waals surface area contributed by atoms with Gasteiger partial charge in [0.2, 0.25) is 11.8 Å². The van der Waals surface area contributed by atoms with Crippen molar-refractivity contribution in [3.63, 3.8) is 0 Å². The van der Waals surface area contributed by atoms with E-state index >= 15 is 0 Å². The normalized spacial score (nSPS) is 24.7. The van der Waals surface area contributed by atoms with Crippen LogP contribution in [0.5, 0.6) is 0 Å². The van der Waals surface area contributed by atoms with Crippen molar-refractivity contribution in [3.8, 4) is 0 Å². The van der Waals surface area contributed by atoms with Gasteiger partial charge in [-0.3, -0.25) is 14.6 Å². The molecule has 1 spiro atoms. The molecule has 2 fully saturated rings. The maximum absolute atomic E-state index is 12.6. The molecule has 2 aliphatic heterocycles. The molecule has 2 aliphatic rings. The quantitative estimate of drug-likeness (QED) is 0.902. The van der Waals surface area contributed by atoms with E-state index in [1.54, 1.807) is 20.0 Å². The van der Waals surface area contributed by atoms with Crippen LogP contribution in [0.2, 0.25) is 0 Å². The van der Waals surface area contributed by atoms with Crippen molar-refractivity contribution in [1.29, 1.82) is 0 Å². The summed E-state index contributed by atoms with van der Waals surface area (Å²) in [4.78, 5) is 33.1. The number of piperidine rings is 2. The second-order valence-corrected chi connectivity index (χ2v) is 8.12. The number of nitrogens with zero attached hydrogens (tertiary/aromatic N) is 3. The lowest BCUT2D eigenvalue weighted by Gasteiger charge is -2.49. The molecule has 3 rings (SSSR count). The summed E-state index contributed by atoms with van der Waals surface area (Å²) in [5.74, 6) is 0.179. The zero-order valence-corrected chi connectivity index (χ0v) is 15.2. The van der Waals surface area contributed by atoms with E-state index in [9.17, 15) is 9.59 Å². The number of pyridine rings is 1. The van der Waals surface area contributed by atoms with E-state index in [-0.39, 0.29) is 17.2 Å². The van der Waals surface area contributed by atoms with Gasteiger partial charge in [-0.05, 0) is 45.2 Å². The first-order chi connectivity index (χ1) is 11.8. The van der Waals surface area contributed by atoms with E-state index in [1.807, 2.05) is 28.0 Å². The van der Waals surface area contributed by atoms with Crippen molar-refractivity contribution in [3.05, 3.63) is 30.1 Å². The fourth-order valence-corrected chi connectivity index (χ4v) is 4.06. The molecule has 6 nitrogen and oxygen atoms in total. The number of hydrogen-bond donors (Lipinski definition) is 1. The summed E-state index contributed by atoms with van der Waals surface area (Å²) in [6.07, 6.45) is 5.16. The lowest BCUT2D eigenvalue weighted by molar-refractivity contribution is -0.145. The zero-order chi connectivity index (χ0) is 18.1. The van der Waals surface area contributed by atoms with Crippen LogP contribution in [0.4, 0.5) is 0 Å².